The summed E-state index contributed by atoms with van der Waals surface area (Å²) in [5.74, 6) is 1.60. The fraction of sp³-hybridized carbons (Fsp3) is 0.429. The molecule has 1 saturated heterocycles. The molecule has 0 spiro atoms. The van der Waals surface area contributed by atoms with E-state index in [4.69, 9.17) is 9.47 Å². The number of hydrogen-bond donors (Lipinski definition) is 1. The van der Waals surface area contributed by atoms with Crippen LogP contribution in [0.25, 0.3) is 0 Å². The lowest BCUT2D eigenvalue weighted by atomic mass is 10.1. The molecular formula is C21H26N4O3. The molecule has 2 aliphatic heterocycles. The summed E-state index contributed by atoms with van der Waals surface area (Å²) < 4.78 is 10.8. The van der Waals surface area contributed by atoms with Crippen LogP contribution in [0.4, 0.5) is 5.69 Å². The largest absolute Gasteiger partial charge is 0.454 e. The van der Waals surface area contributed by atoms with Crippen LogP contribution in [-0.4, -0.2) is 55.3 Å². The highest BCUT2D eigenvalue weighted by molar-refractivity contribution is 5.94. The van der Waals surface area contributed by atoms with Crippen LogP contribution >= 0.6 is 0 Å². The predicted molar refractivity (Wildman–Crippen MR) is 107 cm³/mol. The van der Waals surface area contributed by atoms with Crippen LogP contribution in [-0.2, 0) is 6.54 Å². The number of hydrogen-bond acceptors (Lipinski definition) is 6. The van der Waals surface area contributed by atoms with Gasteiger partial charge in [0.2, 0.25) is 6.79 Å². The van der Waals surface area contributed by atoms with E-state index in [1.54, 1.807) is 6.20 Å². The average Bonchev–Trinajstić information content (AvgIpc) is 3.20. The summed E-state index contributed by atoms with van der Waals surface area (Å²) in [7, 11) is 0. The van der Waals surface area contributed by atoms with Crippen molar-refractivity contribution < 1.29 is 14.3 Å². The molecule has 0 aliphatic carbocycles. The number of rotatable bonds is 6. The maximum atomic E-state index is 12.2. The number of carbonyl (C=O) groups excluding carboxylic acids is 1. The summed E-state index contributed by atoms with van der Waals surface area (Å²) >= 11 is 0. The van der Waals surface area contributed by atoms with Crippen molar-refractivity contribution in [2.75, 3.05) is 44.4 Å². The fourth-order valence-corrected chi connectivity index (χ4v) is 3.53. The minimum absolute atomic E-state index is 0.0577. The Labute approximate surface area is 165 Å². The molecule has 7 heteroatoms. The van der Waals surface area contributed by atoms with Gasteiger partial charge in [-0.1, -0.05) is 13.0 Å². The lowest BCUT2D eigenvalue weighted by molar-refractivity contribution is 0.0953. The molecule has 0 radical (unpaired) electrons. The number of amides is 1. The predicted octanol–water partition coefficient (Wildman–Crippen LogP) is 2.27. The van der Waals surface area contributed by atoms with Gasteiger partial charge in [-0.05, 0) is 30.2 Å². The molecule has 2 aromatic rings. The molecule has 28 heavy (non-hydrogen) atoms. The van der Waals surface area contributed by atoms with E-state index in [0.29, 0.717) is 18.9 Å². The minimum Gasteiger partial charge on any atom is -0.454 e. The molecule has 148 valence electrons. The normalized spacial score (nSPS) is 16.2. The third kappa shape index (κ3) is 4.20. The van der Waals surface area contributed by atoms with Crippen molar-refractivity contribution in [2.24, 2.45) is 0 Å². The van der Waals surface area contributed by atoms with Gasteiger partial charge in [0.25, 0.3) is 5.91 Å². The lowest BCUT2D eigenvalue weighted by Crippen LogP contribution is -2.46. The molecule has 2 aliphatic rings. The van der Waals surface area contributed by atoms with Crippen LogP contribution < -0.4 is 19.7 Å². The summed E-state index contributed by atoms with van der Waals surface area (Å²) in [6.07, 6.45) is 4.39. The van der Waals surface area contributed by atoms with Gasteiger partial charge in [0.1, 0.15) is 0 Å². The quantitative estimate of drug-likeness (QED) is 0.827. The van der Waals surface area contributed by atoms with Crippen LogP contribution in [0.15, 0.2) is 36.7 Å². The van der Waals surface area contributed by atoms with E-state index in [2.05, 4.69) is 32.2 Å². The Morgan fingerprint density at radius 2 is 1.93 bits per heavy atom. The standard InChI is InChI=1S/C21H26N4O3/c1-2-5-23-21(26)17-11-18(13-22-12-17)25-8-6-24(7-9-25)14-16-3-4-19-20(10-16)28-15-27-19/h3-4,10-13H,2,5-9,14-15H2,1H3,(H,23,26). The van der Waals surface area contributed by atoms with Crippen molar-refractivity contribution in [3.63, 3.8) is 0 Å². The van der Waals surface area contributed by atoms with Gasteiger partial charge in [0.05, 0.1) is 17.4 Å². The number of ether oxygens (including phenoxy) is 2. The summed E-state index contributed by atoms with van der Waals surface area (Å²) in [4.78, 5) is 21.2. The zero-order chi connectivity index (χ0) is 19.3. The first-order valence-electron chi connectivity index (χ1n) is 9.82. The number of anilines is 1. The minimum atomic E-state index is -0.0577. The number of benzene rings is 1. The Bertz CT molecular complexity index is 834. The number of aromatic nitrogens is 1. The fourth-order valence-electron chi connectivity index (χ4n) is 3.53. The average molecular weight is 382 g/mol. The van der Waals surface area contributed by atoms with Crippen molar-refractivity contribution >= 4 is 11.6 Å². The number of fused-ring (bicyclic) bond motifs is 1. The number of pyridine rings is 1. The van der Waals surface area contributed by atoms with Crippen LogP contribution in [0.2, 0.25) is 0 Å². The third-order valence-electron chi connectivity index (χ3n) is 5.10. The Hall–Kier alpha value is -2.80. The second-order valence-electron chi connectivity index (χ2n) is 7.14. The molecule has 0 atom stereocenters. The molecule has 1 fully saturated rings. The van der Waals surface area contributed by atoms with Gasteiger partial charge in [0.15, 0.2) is 11.5 Å². The number of nitrogens with one attached hydrogen (secondary N) is 1. The number of piperazine rings is 1. The van der Waals surface area contributed by atoms with Crippen LogP contribution in [0, 0.1) is 0 Å². The highest BCUT2D eigenvalue weighted by Crippen LogP contribution is 2.33. The Morgan fingerprint density at radius 3 is 2.75 bits per heavy atom. The van der Waals surface area contributed by atoms with Crippen LogP contribution in [0.5, 0.6) is 11.5 Å². The monoisotopic (exact) mass is 382 g/mol. The molecule has 0 unspecified atom stereocenters. The first kappa shape index (κ1) is 18.6. The van der Waals surface area contributed by atoms with Crippen molar-refractivity contribution in [1.82, 2.24) is 15.2 Å². The summed E-state index contributed by atoms with van der Waals surface area (Å²) in [6.45, 7) is 7.66. The van der Waals surface area contributed by atoms with E-state index in [1.165, 1.54) is 5.56 Å². The summed E-state index contributed by atoms with van der Waals surface area (Å²) in [5, 5.41) is 2.91. The second kappa shape index (κ2) is 8.48. The van der Waals surface area contributed by atoms with E-state index < -0.39 is 0 Å². The zero-order valence-electron chi connectivity index (χ0n) is 16.2. The maximum absolute atomic E-state index is 12.2. The molecular weight excluding hydrogens is 356 g/mol. The number of carbonyl (C=O) groups is 1. The highest BCUT2D eigenvalue weighted by Gasteiger charge is 2.20. The SMILES string of the molecule is CCCNC(=O)c1cncc(N2CCN(Cc3ccc4c(c3)OCO4)CC2)c1. The smallest absolute Gasteiger partial charge is 0.252 e. The van der Waals surface area contributed by atoms with Crippen LogP contribution in [0.3, 0.4) is 0 Å². The van der Waals surface area contributed by atoms with Gasteiger partial charge in [0, 0.05) is 45.5 Å². The van der Waals surface area contributed by atoms with Crippen molar-refractivity contribution in [2.45, 2.75) is 19.9 Å². The summed E-state index contributed by atoms with van der Waals surface area (Å²) in [5.41, 5.74) is 2.86. The van der Waals surface area contributed by atoms with Crippen LogP contribution in [0.1, 0.15) is 29.3 Å². The van der Waals surface area contributed by atoms with Gasteiger partial charge in [-0.2, -0.15) is 0 Å². The van der Waals surface area contributed by atoms with Gasteiger partial charge in [-0.25, -0.2) is 0 Å². The molecule has 4 rings (SSSR count). The van der Waals surface area contributed by atoms with E-state index in [0.717, 1.165) is 56.3 Å². The Balaban J connectivity index is 1.33. The highest BCUT2D eigenvalue weighted by atomic mass is 16.7. The van der Waals surface area contributed by atoms with Gasteiger partial charge < -0.3 is 19.7 Å². The second-order valence-corrected chi connectivity index (χ2v) is 7.14. The Kier molecular flexibility index (Phi) is 5.62. The molecule has 1 amide bonds. The van der Waals surface area contributed by atoms with E-state index in [-0.39, 0.29) is 5.91 Å². The third-order valence-corrected chi connectivity index (χ3v) is 5.10. The maximum Gasteiger partial charge on any atom is 0.252 e. The van der Waals surface area contributed by atoms with E-state index >= 15 is 0 Å². The molecule has 0 bridgehead atoms. The summed E-state index contributed by atoms with van der Waals surface area (Å²) in [6, 6.07) is 8.08. The first-order valence-corrected chi connectivity index (χ1v) is 9.82. The molecule has 1 aromatic heterocycles. The molecule has 0 saturated carbocycles. The Morgan fingerprint density at radius 1 is 1.11 bits per heavy atom. The number of nitrogens with zero attached hydrogens (tertiary/aromatic N) is 3. The van der Waals surface area contributed by atoms with E-state index in [1.807, 2.05) is 25.3 Å². The van der Waals surface area contributed by atoms with Gasteiger partial charge in [-0.15, -0.1) is 0 Å². The zero-order valence-corrected chi connectivity index (χ0v) is 16.2. The molecule has 1 aromatic carbocycles. The van der Waals surface area contributed by atoms with Gasteiger partial charge >= 0.3 is 0 Å². The van der Waals surface area contributed by atoms with Crippen molar-refractivity contribution in [1.29, 1.82) is 0 Å². The molecule has 1 N–H and O–H groups in total. The lowest BCUT2D eigenvalue weighted by Gasteiger charge is -2.36. The van der Waals surface area contributed by atoms with E-state index in [9.17, 15) is 4.79 Å². The van der Waals surface area contributed by atoms with Crippen molar-refractivity contribution in [3.05, 3.63) is 47.8 Å². The molecule has 3 heterocycles. The topological polar surface area (TPSA) is 66.9 Å². The first-order chi connectivity index (χ1) is 13.7. The molecule has 7 nitrogen and oxygen atoms in total. The van der Waals surface area contributed by atoms with Gasteiger partial charge in [-0.3, -0.25) is 14.7 Å². The van der Waals surface area contributed by atoms with Crippen molar-refractivity contribution in [3.8, 4) is 11.5 Å².